The van der Waals surface area contributed by atoms with Gasteiger partial charge in [0, 0.05) is 37.9 Å². The fourth-order valence-corrected chi connectivity index (χ4v) is 4.64. The molecule has 2 aliphatic heterocycles. The molecular weight excluding hydrogens is 304 g/mol. The molecule has 130 valence electrons. The standard InChI is InChI=1S/C18H26N4O2/c23-17-11-14(12-22(17)15-5-1-2-6-15)18(24)21-10-3-7-16(21)13-20-9-4-8-19-20/h4,8-9,14-16H,1-3,5-7,10-13H2/t14-,16+/m1/s1. The van der Waals surface area contributed by atoms with E-state index >= 15 is 0 Å². The van der Waals surface area contributed by atoms with Gasteiger partial charge in [-0.25, -0.2) is 0 Å². The first-order valence-electron chi connectivity index (χ1n) is 9.30. The van der Waals surface area contributed by atoms with E-state index in [1.165, 1.54) is 12.8 Å². The third-order valence-electron chi connectivity index (χ3n) is 5.89. The van der Waals surface area contributed by atoms with Crippen molar-refractivity contribution in [2.75, 3.05) is 13.1 Å². The highest BCUT2D eigenvalue weighted by atomic mass is 16.2. The summed E-state index contributed by atoms with van der Waals surface area (Å²) < 4.78 is 1.90. The van der Waals surface area contributed by atoms with Gasteiger partial charge in [0.15, 0.2) is 0 Å². The molecule has 2 atom stereocenters. The fraction of sp³-hybridized carbons (Fsp3) is 0.722. The van der Waals surface area contributed by atoms with Gasteiger partial charge in [0.2, 0.25) is 11.8 Å². The number of rotatable bonds is 4. The van der Waals surface area contributed by atoms with Crippen LogP contribution < -0.4 is 0 Å². The summed E-state index contributed by atoms with van der Waals surface area (Å²) in [6.07, 6.45) is 10.8. The first kappa shape index (κ1) is 15.7. The maximum Gasteiger partial charge on any atom is 0.228 e. The minimum Gasteiger partial charge on any atom is -0.339 e. The third-order valence-corrected chi connectivity index (χ3v) is 5.89. The van der Waals surface area contributed by atoms with E-state index < -0.39 is 0 Å². The SMILES string of the molecule is O=C1C[C@@H](C(=O)N2CCC[C@H]2Cn2cccn2)CN1C1CCCC1. The molecule has 0 aromatic carbocycles. The highest BCUT2D eigenvalue weighted by molar-refractivity contribution is 5.89. The molecule has 6 nitrogen and oxygen atoms in total. The van der Waals surface area contributed by atoms with Crippen LogP contribution in [-0.4, -0.2) is 56.6 Å². The number of carbonyl (C=O) groups is 2. The molecular formula is C18H26N4O2. The molecule has 3 aliphatic rings. The molecule has 0 bridgehead atoms. The summed E-state index contributed by atoms with van der Waals surface area (Å²) in [6.45, 7) is 2.21. The molecule has 4 rings (SSSR count). The Labute approximate surface area is 142 Å². The molecule has 24 heavy (non-hydrogen) atoms. The van der Waals surface area contributed by atoms with E-state index in [9.17, 15) is 9.59 Å². The fourth-order valence-electron chi connectivity index (χ4n) is 4.64. The largest absolute Gasteiger partial charge is 0.339 e. The lowest BCUT2D eigenvalue weighted by molar-refractivity contribution is -0.136. The van der Waals surface area contributed by atoms with Crippen molar-refractivity contribution in [3.05, 3.63) is 18.5 Å². The zero-order valence-electron chi connectivity index (χ0n) is 14.1. The third kappa shape index (κ3) is 2.94. The summed E-state index contributed by atoms with van der Waals surface area (Å²) in [7, 11) is 0. The van der Waals surface area contributed by atoms with Crippen molar-refractivity contribution in [2.24, 2.45) is 5.92 Å². The number of carbonyl (C=O) groups excluding carboxylic acids is 2. The van der Waals surface area contributed by atoms with Crippen LogP contribution in [0, 0.1) is 5.92 Å². The van der Waals surface area contributed by atoms with Crippen LogP contribution in [0.3, 0.4) is 0 Å². The normalized spacial score (nSPS) is 28.2. The van der Waals surface area contributed by atoms with Crippen LogP contribution >= 0.6 is 0 Å². The smallest absolute Gasteiger partial charge is 0.228 e. The van der Waals surface area contributed by atoms with Gasteiger partial charge in [-0.1, -0.05) is 12.8 Å². The van der Waals surface area contributed by atoms with E-state index in [0.717, 1.165) is 38.8 Å². The molecule has 6 heteroatoms. The molecule has 3 fully saturated rings. The summed E-state index contributed by atoms with van der Waals surface area (Å²) in [6, 6.07) is 2.51. The minimum atomic E-state index is -0.142. The van der Waals surface area contributed by atoms with E-state index in [4.69, 9.17) is 0 Å². The highest BCUT2D eigenvalue weighted by Gasteiger charge is 2.42. The summed E-state index contributed by atoms with van der Waals surface area (Å²) in [5.41, 5.74) is 0. The second kappa shape index (κ2) is 6.57. The molecule has 0 spiro atoms. The van der Waals surface area contributed by atoms with Gasteiger partial charge >= 0.3 is 0 Å². The summed E-state index contributed by atoms with van der Waals surface area (Å²) in [5.74, 6) is 0.220. The van der Waals surface area contributed by atoms with Crippen molar-refractivity contribution in [1.82, 2.24) is 19.6 Å². The van der Waals surface area contributed by atoms with Crippen LogP contribution in [0.4, 0.5) is 0 Å². The van der Waals surface area contributed by atoms with Gasteiger partial charge in [-0.3, -0.25) is 14.3 Å². The Balaban J connectivity index is 1.40. The average Bonchev–Trinajstić information content (AvgIpc) is 3.35. The van der Waals surface area contributed by atoms with Crippen LogP contribution in [-0.2, 0) is 16.1 Å². The topological polar surface area (TPSA) is 58.4 Å². The van der Waals surface area contributed by atoms with Crippen molar-refractivity contribution >= 4 is 11.8 Å². The van der Waals surface area contributed by atoms with Gasteiger partial charge in [-0.15, -0.1) is 0 Å². The Hall–Kier alpha value is -1.85. The van der Waals surface area contributed by atoms with E-state index in [-0.39, 0.29) is 23.8 Å². The number of likely N-dealkylation sites (tertiary alicyclic amines) is 2. The van der Waals surface area contributed by atoms with E-state index in [1.54, 1.807) is 6.20 Å². The average molecular weight is 330 g/mol. The predicted molar refractivity (Wildman–Crippen MR) is 89.0 cm³/mol. The predicted octanol–water partition coefficient (Wildman–Crippen LogP) is 1.67. The molecule has 1 aromatic heterocycles. The number of hydrogen-bond acceptors (Lipinski definition) is 3. The molecule has 1 saturated carbocycles. The quantitative estimate of drug-likeness (QED) is 0.844. The van der Waals surface area contributed by atoms with Gasteiger partial charge in [-0.05, 0) is 31.7 Å². The maximum absolute atomic E-state index is 13.0. The molecule has 2 saturated heterocycles. The lowest BCUT2D eigenvalue weighted by atomic mass is 10.1. The van der Waals surface area contributed by atoms with Gasteiger partial charge in [0.05, 0.1) is 18.5 Å². The van der Waals surface area contributed by atoms with Crippen molar-refractivity contribution in [1.29, 1.82) is 0 Å². The Morgan fingerprint density at radius 1 is 1.21 bits per heavy atom. The lowest BCUT2D eigenvalue weighted by Gasteiger charge is -2.28. The van der Waals surface area contributed by atoms with Crippen molar-refractivity contribution in [3.63, 3.8) is 0 Å². The Kier molecular flexibility index (Phi) is 4.29. The van der Waals surface area contributed by atoms with Crippen molar-refractivity contribution in [2.45, 2.75) is 63.6 Å². The van der Waals surface area contributed by atoms with Crippen molar-refractivity contribution < 1.29 is 9.59 Å². The van der Waals surface area contributed by atoms with Crippen LogP contribution in [0.2, 0.25) is 0 Å². The summed E-state index contributed by atoms with van der Waals surface area (Å²) in [4.78, 5) is 29.4. The van der Waals surface area contributed by atoms with Gasteiger partial charge in [0.1, 0.15) is 0 Å². The van der Waals surface area contributed by atoms with E-state index in [1.807, 2.05) is 26.7 Å². The van der Waals surface area contributed by atoms with Crippen molar-refractivity contribution in [3.8, 4) is 0 Å². The first-order chi connectivity index (χ1) is 11.7. The second-order valence-corrected chi connectivity index (χ2v) is 7.44. The number of hydrogen-bond donors (Lipinski definition) is 0. The molecule has 1 aromatic rings. The van der Waals surface area contributed by atoms with Gasteiger partial charge in [0.25, 0.3) is 0 Å². The first-order valence-corrected chi connectivity index (χ1v) is 9.30. The number of nitrogens with zero attached hydrogens (tertiary/aromatic N) is 4. The molecule has 0 N–H and O–H groups in total. The minimum absolute atomic E-state index is 0.142. The monoisotopic (exact) mass is 330 g/mol. The Bertz CT molecular complexity index is 594. The maximum atomic E-state index is 13.0. The molecule has 3 heterocycles. The zero-order valence-corrected chi connectivity index (χ0v) is 14.1. The zero-order chi connectivity index (χ0) is 16.5. The number of aromatic nitrogens is 2. The Morgan fingerprint density at radius 2 is 2.04 bits per heavy atom. The van der Waals surface area contributed by atoms with Crippen LogP contribution in [0.1, 0.15) is 44.9 Å². The molecule has 1 aliphatic carbocycles. The summed E-state index contributed by atoms with van der Waals surface area (Å²) >= 11 is 0. The highest BCUT2D eigenvalue weighted by Crippen LogP contribution is 2.31. The van der Waals surface area contributed by atoms with Crippen LogP contribution in [0.5, 0.6) is 0 Å². The molecule has 0 radical (unpaired) electrons. The molecule has 2 amide bonds. The summed E-state index contributed by atoms with van der Waals surface area (Å²) in [5, 5.41) is 4.26. The van der Waals surface area contributed by atoms with Gasteiger partial charge < -0.3 is 9.80 Å². The van der Waals surface area contributed by atoms with E-state index in [0.29, 0.717) is 19.0 Å². The lowest BCUT2D eigenvalue weighted by Crippen LogP contribution is -2.43. The van der Waals surface area contributed by atoms with E-state index in [2.05, 4.69) is 5.10 Å². The molecule has 0 unspecified atom stereocenters. The second-order valence-electron chi connectivity index (χ2n) is 7.44. The van der Waals surface area contributed by atoms with Crippen LogP contribution in [0.25, 0.3) is 0 Å². The number of amides is 2. The van der Waals surface area contributed by atoms with Gasteiger partial charge in [-0.2, -0.15) is 5.10 Å². The Morgan fingerprint density at radius 3 is 2.79 bits per heavy atom. The van der Waals surface area contributed by atoms with Crippen LogP contribution in [0.15, 0.2) is 18.5 Å².